The Kier molecular flexibility index (Phi) is 6.85. The number of carbonyl (C=O) groups excluding carboxylic acids is 3. The number of aliphatic hydroxyl groups is 1. The molecule has 0 aliphatic carbocycles. The minimum atomic E-state index is -1.15. The number of rotatable bonds is 9. The number of hydrogen-bond acceptors (Lipinski definition) is 7. The number of nitrogens with zero attached hydrogens (tertiary/aromatic N) is 2. The number of anilines is 2. The molecule has 4 rings (SSSR count). The smallest absolute Gasteiger partial charge is 0.312 e. The van der Waals surface area contributed by atoms with E-state index < -0.39 is 35.0 Å². The molecule has 3 heterocycles. The van der Waals surface area contributed by atoms with Crippen molar-refractivity contribution in [2.45, 2.75) is 58.3 Å². The molecule has 192 valence electrons. The Morgan fingerprint density at radius 3 is 2.46 bits per heavy atom. The average Bonchev–Trinajstić information content (AvgIpc) is 3.33. The quantitative estimate of drug-likeness (QED) is 0.513. The summed E-state index contributed by atoms with van der Waals surface area (Å²) in [6.07, 6.45) is 0.469. The SMILES string of the molecule is CCOC(=O)[C@@H]1[C@H]2C(=O)N(CCO)C(C(=O)Nc3ccc(N(CC)CC)cc3)C23CC(C)[C@@]1(C)O3. The lowest BCUT2D eigenvalue weighted by Crippen LogP contribution is -2.54. The first-order valence-electron chi connectivity index (χ1n) is 12.6. The molecule has 0 saturated carbocycles. The zero-order valence-corrected chi connectivity index (χ0v) is 21.2. The number of amides is 2. The summed E-state index contributed by atoms with van der Waals surface area (Å²) in [5, 5.41) is 12.6. The number of aliphatic hydroxyl groups excluding tert-OH is 1. The van der Waals surface area contributed by atoms with Gasteiger partial charge < -0.3 is 29.7 Å². The van der Waals surface area contributed by atoms with Crippen LogP contribution in [0.4, 0.5) is 11.4 Å². The Labute approximate surface area is 206 Å². The van der Waals surface area contributed by atoms with Gasteiger partial charge in [0.05, 0.1) is 24.7 Å². The number of carbonyl (C=O) groups is 3. The standard InChI is InChI=1S/C26H37N3O6/c1-6-28(7-2)18-11-9-17(10-12-18)27-22(31)21-26-15-16(4)25(5,35-26)20(24(33)34-8-3)19(26)23(32)29(21)13-14-30/h9-12,16,19-21,30H,6-8,13-15H2,1-5H3,(H,27,31)/t16?,19-,20-,21?,25+,26?/m0/s1. The van der Waals surface area contributed by atoms with Gasteiger partial charge in [-0.15, -0.1) is 0 Å². The van der Waals surface area contributed by atoms with E-state index in [0.717, 1.165) is 18.8 Å². The Balaban J connectivity index is 1.67. The summed E-state index contributed by atoms with van der Waals surface area (Å²) in [6, 6.07) is 6.62. The highest BCUT2D eigenvalue weighted by molar-refractivity contribution is 6.03. The number of β-amino-alcohol motifs (C(OH)–C–C–N with tert-alkyl or cyclic N) is 1. The van der Waals surface area contributed by atoms with E-state index in [4.69, 9.17) is 9.47 Å². The van der Waals surface area contributed by atoms with Gasteiger partial charge in [-0.3, -0.25) is 14.4 Å². The zero-order chi connectivity index (χ0) is 25.5. The third kappa shape index (κ3) is 3.80. The maximum absolute atomic E-state index is 13.7. The lowest BCUT2D eigenvalue weighted by Gasteiger charge is -2.35. The molecule has 9 heteroatoms. The Morgan fingerprint density at radius 2 is 1.89 bits per heavy atom. The Morgan fingerprint density at radius 1 is 1.23 bits per heavy atom. The highest BCUT2D eigenvalue weighted by atomic mass is 16.6. The molecular formula is C26H37N3O6. The van der Waals surface area contributed by atoms with Crippen LogP contribution in [-0.4, -0.2) is 77.9 Å². The molecule has 3 aliphatic rings. The minimum absolute atomic E-state index is 0.0138. The van der Waals surface area contributed by atoms with Crippen molar-refractivity contribution in [3.05, 3.63) is 24.3 Å². The summed E-state index contributed by atoms with van der Waals surface area (Å²) in [7, 11) is 0. The van der Waals surface area contributed by atoms with Crippen LogP contribution in [0.1, 0.15) is 41.0 Å². The number of nitrogens with one attached hydrogen (secondary N) is 1. The first kappa shape index (κ1) is 25.4. The molecule has 35 heavy (non-hydrogen) atoms. The molecule has 2 N–H and O–H groups in total. The fourth-order valence-corrected chi connectivity index (χ4v) is 6.53. The normalized spacial score (nSPS) is 33.1. The van der Waals surface area contributed by atoms with Crippen LogP contribution in [0.2, 0.25) is 0 Å². The van der Waals surface area contributed by atoms with Gasteiger partial charge in [0.25, 0.3) is 0 Å². The van der Waals surface area contributed by atoms with Gasteiger partial charge in [-0.25, -0.2) is 0 Å². The van der Waals surface area contributed by atoms with Crippen LogP contribution in [0.15, 0.2) is 24.3 Å². The Hall–Kier alpha value is -2.65. The highest BCUT2D eigenvalue weighted by Gasteiger charge is 2.80. The summed E-state index contributed by atoms with van der Waals surface area (Å²) in [6.45, 7) is 11.4. The minimum Gasteiger partial charge on any atom is -0.466 e. The molecule has 3 saturated heterocycles. The molecule has 3 fully saturated rings. The maximum atomic E-state index is 13.7. The van der Waals surface area contributed by atoms with Crippen LogP contribution in [-0.2, 0) is 23.9 Å². The molecular weight excluding hydrogens is 450 g/mol. The van der Waals surface area contributed by atoms with E-state index in [9.17, 15) is 19.5 Å². The molecule has 1 aromatic carbocycles. The Bertz CT molecular complexity index is 980. The largest absolute Gasteiger partial charge is 0.466 e. The number of likely N-dealkylation sites (tertiary alicyclic amines) is 1. The van der Waals surface area contributed by atoms with E-state index in [0.29, 0.717) is 12.1 Å². The lowest BCUT2D eigenvalue weighted by molar-refractivity contribution is -0.161. The molecule has 0 aromatic heterocycles. The molecule has 1 aromatic rings. The number of fused-ring (bicyclic) bond motifs is 1. The van der Waals surface area contributed by atoms with Crippen molar-refractivity contribution < 1.29 is 29.0 Å². The van der Waals surface area contributed by atoms with Crippen LogP contribution in [0.25, 0.3) is 0 Å². The zero-order valence-electron chi connectivity index (χ0n) is 21.2. The van der Waals surface area contributed by atoms with Gasteiger partial charge in [-0.05, 0) is 64.3 Å². The lowest BCUT2D eigenvalue weighted by atomic mass is 9.62. The van der Waals surface area contributed by atoms with Crippen molar-refractivity contribution in [1.29, 1.82) is 0 Å². The monoisotopic (exact) mass is 487 g/mol. The van der Waals surface area contributed by atoms with Crippen molar-refractivity contribution in [2.24, 2.45) is 17.8 Å². The van der Waals surface area contributed by atoms with E-state index in [2.05, 4.69) is 24.1 Å². The van der Waals surface area contributed by atoms with Gasteiger partial charge in [0, 0.05) is 31.0 Å². The molecule has 2 bridgehead atoms. The van der Waals surface area contributed by atoms with Crippen LogP contribution in [0.3, 0.4) is 0 Å². The second kappa shape index (κ2) is 9.43. The third-order valence-corrected chi connectivity index (χ3v) is 8.21. The fourth-order valence-electron chi connectivity index (χ4n) is 6.53. The highest BCUT2D eigenvalue weighted by Crippen LogP contribution is 2.65. The number of benzene rings is 1. The van der Waals surface area contributed by atoms with Crippen LogP contribution in [0, 0.1) is 17.8 Å². The van der Waals surface area contributed by atoms with E-state index in [1.165, 1.54) is 4.90 Å². The maximum Gasteiger partial charge on any atom is 0.312 e. The summed E-state index contributed by atoms with van der Waals surface area (Å²) in [5.74, 6) is -2.88. The van der Waals surface area contributed by atoms with Crippen molar-refractivity contribution in [3.63, 3.8) is 0 Å². The van der Waals surface area contributed by atoms with Gasteiger partial charge in [0.15, 0.2) is 0 Å². The molecule has 1 spiro atoms. The van der Waals surface area contributed by atoms with Crippen molar-refractivity contribution in [1.82, 2.24) is 4.90 Å². The predicted molar refractivity (Wildman–Crippen MR) is 131 cm³/mol. The van der Waals surface area contributed by atoms with Gasteiger partial charge in [-0.2, -0.15) is 0 Å². The van der Waals surface area contributed by atoms with E-state index >= 15 is 0 Å². The summed E-state index contributed by atoms with van der Waals surface area (Å²) in [4.78, 5) is 43.9. The van der Waals surface area contributed by atoms with E-state index in [1.54, 1.807) is 6.92 Å². The summed E-state index contributed by atoms with van der Waals surface area (Å²) >= 11 is 0. The van der Waals surface area contributed by atoms with Crippen LogP contribution >= 0.6 is 0 Å². The van der Waals surface area contributed by atoms with Crippen molar-refractivity contribution in [2.75, 3.05) is 43.1 Å². The molecule has 0 radical (unpaired) electrons. The number of ether oxygens (including phenoxy) is 2. The molecule has 3 aliphatic heterocycles. The first-order valence-corrected chi connectivity index (χ1v) is 12.6. The van der Waals surface area contributed by atoms with Crippen molar-refractivity contribution in [3.8, 4) is 0 Å². The second-order valence-corrected chi connectivity index (χ2v) is 9.92. The predicted octanol–water partition coefficient (Wildman–Crippen LogP) is 2.04. The van der Waals surface area contributed by atoms with Gasteiger partial charge in [-0.1, -0.05) is 6.92 Å². The molecule has 9 nitrogen and oxygen atoms in total. The third-order valence-electron chi connectivity index (χ3n) is 8.21. The summed E-state index contributed by atoms with van der Waals surface area (Å²) in [5.41, 5.74) is -0.387. The molecule has 2 amide bonds. The van der Waals surface area contributed by atoms with Gasteiger partial charge in [0.2, 0.25) is 11.8 Å². The van der Waals surface area contributed by atoms with Crippen LogP contribution in [0.5, 0.6) is 0 Å². The first-order chi connectivity index (χ1) is 16.7. The van der Waals surface area contributed by atoms with E-state index in [1.807, 2.05) is 38.1 Å². The molecule has 3 unspecified atom stereocenters. The van der Waals surface area contributed by atoms with Gasteiger partial charge >= 0.3 is 5.97 Å². The number of hydrogen-bond donors (Lipinski definition) is 2. The fraction of sp³-hybridized carbons (Fsp3) is 0.654. The topological polar surface area (TPSA) is 108 Å². The average molecular weight is 488 g/mol. The number of esters is 1. The van der Waals surface area contributed by atoms with Gasteiger partial charge in [0.1, 0.15) is 17.6 Å². The summed E-state index contributed by atoms with van der Waals surface area (Å²) < 4.78 is 11.9. The van der Waals surface area contributed by atoms with E-state index in [-0.39, 0.29) is 37.5 Å². The second-order valence-electron chi connectivity index (χ2n) is 9.92. The van der Waals surface area contributed by atoms with Crippen LogP contribution < -0.4 is 10.2 Å². The molecule has 6 atom stereocenters. The van der Waals surface area contributed by atoms with Crippen molar-refractivity contribution >= 4 is 29.2 Å².